The van der Waals surface area contributed by atoms with Gasteiger partial charge in [-0.1, -0.05) is 60.7 Å². The summed E-state index contributed by atoms with van der Waals surface area (Å²) in [6, 6.07) is 28.3. The molecule has 170 valence electrons. The van der Waals surface area contributed by atoms with Crippen LogP contribution in [0.15, 0.2) is 108 Å². The molecule has 1 atom stereocenters. The summed E-state index contributed by atoms with van der Waals surface area (Å²) in [7, 11) is 0. The quantitative estimate of drug-likeness (QED) is 0.256. The zero-order valence-electron chi connectivity index (χ0n) is 18.3. The fraction of sp³-hybridized carbons (Fsp3) is 0.0345. The van der Waals surface area contributed by atoms with Gasteiger partial charge in [0.15, 0.2) is 5.78 Å². The molecule has 0 radical (unpaired) electrons. The van der Waals surface area contributed by atoms with Crippen molar-refractivity contribution in [2.45, 2.75) is 10.1 Å². The van der Waals surface area contributed by atoms with E-state index in [1.807, 2.05) is 54.6 Å². The Bertz CT molecular complexity index is 1540. The number of thioether (sulfide) groups is 1. The number of hydrogen-bond donors (Lipinski definition) is 1. The zero-order valence-corrected chi connectivity index (χ0v) is 19.1. The normalized spacial score (nSPS) is 16.0. The first-order valence-corrected chi connectivity index (χ1v) is 12.0. The summed E-state index contributed by atoms with van der Waals surface area (Å²) in [5, 5.41) is 3.15. The summed E-state index contributed by atoms with van der Waals surface area (Å²) in [5.41, 5.74) is 4.59. The molecular formula is C29H18FNO3S. The second-order valence-electron chi connectivity index (χ2n) is 8.22. The van der Waals surface area contributed by atoms with Crippen molar-refractivity contribution in [1.29, 1.82) is 0 Å². The molecule has 1 aliphatic carbocycles. The standard InChI is InChI=1S/C29H18FNO3S/c30-22-13-4-3-12-21(22)29(33)34-18-9-7-8-17(16-18)28-25-26(19-10-1-2-11-20(19)27(25)32)31-23-14-5-6-15-24(23)35-28/h1-16,28,31H/t28-/m1/s1. The van der Waals surface area contributed by atoms with E-state index in [9.17, 15) is 14.0 Å². The van der Waals surface area contributed by atoms with E-state index in [-0.39, 0.29) is 22.3 Å². The van der Waals surface area contributed by atoms with Crippen molar-refractivity contribution in [3.63, 3.8) is 0 Å². The smallest absolute Gasteiger partial charge is 0.346 e. The maximum atomic E-state index is 14.1. The predicted molar refractivity (Wildman–Crippen MR) is 134 cm³/mol. The van der Waals surface area contributed by atoms with Gasteiger partial charge in [0.05, 0.1) is 22.2 Å². The predicted octanol–water partition coefficient (Wildman–Crippen LogP) is 6.91. The SMILES string of the molecule is O=C(Oc1cccc([C@H]2Sc3ccccc3NC3=C2C(=O)c2ccccc23)c1)c1ccccc1F. The fourth-order valence-electron chi connectivity index (χ4n) is 4.45. The first kappa shape index (κ1) is 21.4. The second-order valence-corrected chi connectivity index (χ2v) is 9.37. The molecule has 6 rings (SSSR count). The Morgan fingerprint density at radius 2 is 1.60 bits per heavy atom. The van der Waals surface area contributed by atoms with Crippen LogP contribution >= 0.6 is 11.8 Å². The van der Waals surface area contributed by atoms with Crippen LogP contribution in [-0.4, -0.2) is 11.8 Å². The van der Waals surface area contributed by atoms with Crippen LogP contribution in [0.1, 0.15) is 37.1 Å². The van der Waals surface area contributed by atoms with Gasteiger partial charge < -0.3 is 10.1 Å². The number of ketones is 1. The van der Waals surface area contributed by atoms with Gasteiger partial charge >= 0.3 is 5.97 Å². The molecular weight excluding hydrogens is 461 g/mol. The van der Waals surface area contributed by atoms with Gasteiger partial charge in [-0.15, -0.1) is 11.8 Å². The van der Waals surface area contributed by atoms with Gasteiger partial charge in [-0.05, 0) is 42.0 Å². The number of carbonyl (C=O) groups excluding carboxylic acids is 2. The number of benzene rings is 4. The Balaban J connectivity index is 1.42. The van der Waals surface area contributed by atoms with Crippen LogP contribution < -0.4 is 10.1 Å². The highest BCUT2D eigenvalue weighted by Crippen LogP contribution is 2.52. The molecule has 0 spiro atoms. The molecule has 2 aliphatic rings. The van der Waals surface area contributed by atoms with Gasteiger partial charge in [0.1, 0.15) is 11.6 Å². The van der Waals surface area contributed by atoms with Crippen molar-refractivity contribution in [2.24, 2.45) is 0 Å². The molecule has 6 heteroatoms. The Hall–Kier alpha value is -4.16. The number of rotatable bonds is 3. The van der Waals surface area contributed by atoms with E-state index in [1.54, 1.807) is 36.0 Å². The largest absolute Gasteiger partial charge is 0.423 e. The molecule has 0 saturated heterocycles. The minimum atomic E-state index is -0.773. The molecule has 1 heterocycles. The van der Waals surface area contributed by atoms with Crippen molar-refractivity contribution in [2.75, 3.05) is 5.32 Å². The third-order valence-electron chi connectivity index (χ3n) is 6.07. The zero-order chi connectivity index (χ0) is 23.9. The van der Waals surface area contributed by atoms with Gasteiger partial charge in [-0.2, -0.15) is 0 Å². The number of Topliss-reactive ketones (excluding diaryl/α,β-unsaturated/α-hetero) is 1. The van der Waals surface area contributed by atoms with Gasteiger partial charge in [-0.25, -0.2) is 9.18 Å². The minimum absolute atomic E-state index is 0.0258. The van der Waals surface area contributed by atoms with Gasteiger partial charge in [0.25, 0.3) is 0 Å². The highest BCUT2D eigenvalue weighted by Gasteiger charge is 2.38. The fourth-order valence-corrected chi connectivity index (χ4v) is 5.73. The third kappa shape index (κ3) is 3.72. The maximum absolute atomic E-state index is 14.1. The molecule has 1 N–H and O–H groups in total. The number of halogens is 1. The van der Waals surface area contributed by atoms with Crippen LogP contribution in [0.4, 0.5) is 10.1 Å². The van der Waals surface area contributed by atoms with Crippen LogP contribution in [-0.2, 0) is 0 Å². The van der Waals surface area contributed by atoms with E-state index in [4.69, 9.17) is 4.74 Å². The molecule has 0 aromatic heterocycles. The van der Waals surface area contributed by atoms with Gasteiger partial charge in [0, 0.05) is 21.6 Å². The first-order chi connectivity index (χ1) is 17.1. The van der Waals surface area contributed by atoms with Crippen molar-refractivity contribution in [3.8, 4) is 5.75 Å². The Labute approximate surface area is 205 Å². The van der Waals surface area contributed by atoms with E-state index in [2.05, 4.69) is 5.32 Å². The molecule has 0 fully saturated rings. The van der Waals surface area contributed by atoms with E-state index < -0.39 is 11.8 Å². The van der Waals surface area contributed by atoms with Gasteiger partial charge in [-0.3, -0.25) is 4.79 Å². The van der Waals surface area contributed by atoms with Crippen LogP contribution in [0.3, 0.4) is 0 Å². The summed E-state index contributed by atoms with van der Waals surface area (Å²) in [4.78, 5) is 27.2. The van der Waals surface area contributed by atoms with Crippen molar-refractivity contribution < 1.29 is 18.7 Å². The van der Waals surface area contributed by atoms with Crippen LogP contribution in [0.2, 0.25) is 0 Å². The van der Waals surface area contributed by atoms with E-state index >= 15 is 0 Å². The first-order valence-electron chi connectivity index (χ1n) is 11.1. The molecule has 4 aromatic carbocycles. The van der Waals surface area contributed by atoms with Crippen molar-refractivity contribution in [1.82, 2.24) is 0 Å². The molecule has 0 unspecified atom stereocenters. The number of carbonyl (C=O) groups is 2. The summed E-state index contributed by atoms with van der Waals surface area (Å²) >= 11 is 1.57. The molecule has 4 nitrogen and oxygen atoms in total. The van der Waals surface area contributed by atoms with E-state index in [0.29, 0.717) is 11.1 Å². The van der Waals surface area contributed by atoms with Crippen molar-refractivity contribution >= 4 is 34.9 Å². The highest BCUT2D eigenvalue weighted by atomic mass is 32.2. The molecule has 0 saturated carbocycles. The number of fused-ring (bicyclic) bond motifs is 3. The lowest BCUT2D eigenvalue weighted by Gasteiger charge is -2.18. The number of ether oxygens (including phenoxy) is 1. The summed E-state index contributed by atoms with van der Waals surface area (Å²) in [6.07, 6.45) is 0. The highest BCUT2D eigenvalue weighted by molar-refractivity contribution is 8.00. The number of para-hydroxylation sites is 1. The monoisotopic (exact) mass is 479 g/mol. The molecule has 1 aliphatic heterocycles. The topological polar surface area (TPSA) is 55.4 Å². The summed E-state index contributed by atoms with van der Waals surface area (Å²) < 4.78 is 19.6. The van der Waals surface area contributed by atoms with E-state index in [0.717, 1.165) is 27.4 Å². The molecule has 35 heavy (non-hydrogen) atoms. The Kier molecular flexibility index (Phi) is 5.23. The molecule has 0 bridgehead atoms. The third-order valence-corrected chi connectivity index (χ3v) is 7.43. The van der Waals surface area contributed by atoms with Crippen molar-refractivity contribution in [3.05, 3.63) is 131 Å². The second kappa shape index (κ2) is 8.56. The summed E-state index contributed by atoms with van der Waals surface area (Å²) in [5.74, 6) is -1.15. The van der Waals surface area contributed by atoms with Gasteiger partial charge in [0.2, 0.25) is 0 Å². The van der Waals surface area contributed by atoms with E-state index in [1.165, 1.54) is 18.2 Å². The molecule has 4 aromatic rings. The number of hydrogen-bond acceptors (Lipinski definition) is 5. The average molecular weight is 480 g/mol. The number of anilines is 1. The Morgan fingerprint density at radius 3 is 2.46 bits per heavy atom. The summed E-state index contributed by atoms with van der Waals surface area (Å²) in [6.45, 7) is 0. The number of nitrogens with one attached hydrogen (secondary N) is 1. The lowest BCUT2D eigenvalue weighted by Crippen LogP contribution is -2.11. The minimum Gasteiger partial charge on any atom is -0.423 e. The lowest BCUT2D eigenvalue weighted by molar-refractivity contribution is 0.0729. The number of esters is 1. The van der Waals surface area contributed by atoms with Crippen LogP contribution in [0.25, 0.3) is 5.70 Å². The average Bonchev–Trinajstić information content (AvgIpc) is 3.04. The van der Waals surface area contributed by atoms with Crippen LogP contribution in [0.5, 0.6) is 5.75 Å². The maximum Gasteiger partial charge on any atom is 0.346 e. The molecule has 0 amide bonds. The van der Waals surface area contributed by atoms with Crippen LogP contribution in [0, 0.1) is 5.82 Å². The Morgan fingerprint density at radius 1 is 0.857 bits per heavy atom. The lowest BCUT2D eigenvalue weighted by atomic mass is 10.0.